The van der Waals surface area contributed by atoms with E-state index in [1.807, 2.05) is 11.9 Å². The van der Waals surface area contributed by atoms with E-state index >= 15 is 0 Å². The topological polar surface area (TPSA) is 35.5 Å². The van der Waals surface area contributed by atoms with Gasteiger partial charge in [0.05, 0.1) is 12.6 Å². The van der Waals surface area contributed by atoms with Gasteiger partial charge >= 0.3 is 0 Å². The molecule has 2 atom stereocenters. The van der Waals surface area contributed by atoms with Gasteiger partial charge < -0.3 is 15.3 Å². The highest BCUT2D eigenvalue weighted by molar-refractivity contribution is 4.85. The lowest BCUT2D eigenvalue weighted by atomic mass is 10.2. The SMILES string of the molecule is CN(CCO)CC1NCCC1F. The van der Waals surface area contributed by atoms with Crippen molar-refractivity contribution in [1.82, 2.24) is 10.2 Å². The quantitative estimate of drug-likeness (QED) is 0.612. The van der Waals surface area contributed by atoms with Crippen LogP contribution in [0, 0.1) is 0 Å². The Morgan fingerprint density at radius 3 is 2.92 bits per heavy atom. The molecule has 2 N–H and O–H groups in total. The molecule has 0 bridgehead atoms. The number of nitrogens with zero attached hydrogens (tertiary/aromatic N) is 1. The summed E-state index contributed by atoms with van der Waals surface area (Å²) in [6.45, 7) is 2.21. The van der Waals surface area contributed by atoms with Crippen molar-refractivity contribution in [2.45, 2.75) is 18.6 Å². The smallest absolute Gasteiger partial charge is 0.118 e. The highest BCUT2D eigenvalue weighted by atomic mass is 19.1. The molecule has 0 spiro atoms. The van der Waals surface area contributed by atoms with E-state index in [9.17, 15) is 4.39 Å². The van der Waals surface area contributed by atoms with Crippen LogP contribution in [0.5, 0.6) is 0 Å². The second-order valence-corrected chi connectivity index (χ2v) is 3.35. The molecule has 72 valence electrons. The molecule has 3 nitrogen and oxygen atoms in total. The predicted octanol–water partition coefficient (Wildman–Crippen LogP) is -0.390. The predicted molar refractivity (Wildman–Crippen MR) is 45.9 cm³/mol. The fraction of sp³-hybridized carbons (Fsp3) is 1.00. The van der Waals surface area contributed by atoms with Gasteiger partial charge in [0.1, 0.15) is 6.17 Å². The lowest BCUT2D eigenvalue weighted by Crippen LogP contribution is -2.40. The zero-order valence-corrected chi connectivity index (χ0v) is 7.46. The summed E-state index contributed by atoms with van der Waals surface area (Å²) < 4.78 is 13.0. The van der Waals surface area contributed by atoms with Gasteiger partial charge in [0.2, 0.25) is 0 Å². The van der Waals surface area contributed by atoms with Crippen molar-refractivity contribution in [3.63, 3.8) is 0 Å². The van der Waals surface area contributed by atoms with E-state index < -0.39 is 6.17 Å². The first kappa shape index (κ1) is 9.89. The zero-order valence-electron chi connectivity index (χ0n) is 7.46. The van der Waals surface area contributed by atoms with Gasteiger partial charge in [0.25, 0.3) is 0 Å². The van der Waals surface area contributed by atoms with Gasteiger partial charge in [-0.15, -0.1) is 0 Å². The number of hydrogen-bond acceptors (Lipinski definition) is 3. The van der Waals surface area contributed by atoms with Crippen molar-refractivity contribution in [2.75, 3.05) is 33.3 Å². The summed E-state index contributed by atoms with van der Waals surface area (Å²) >= 11 is 0. The maximum Gasteiger partial charge on any atom is 0.118 e. The second kappa shape index (κ2) is 4.74. The number of hydrogen-bond donors (Lipinski definition) is 2. The number of likely N-dealkylation sites (N-methyl/N-ethyl adjacent to an activating group) is 1. The van der Waals surface area contributed by atoms with E-state index in [1.165, 1.54) is 0 Å². The van der Waals surface area contributed by atoms with Crippen molar-refractivity contribution in [3.8, 4) is 0 Å². The fourth-order valence-electron chi connectivity index (χ4n) is 1.51. The minimum absolute atomic E-state index is 0.0402. The van der Waals surface area contributed by atoms with Crippen molar-refractivity contribution >= 4 is 0 Å². The van der Waals surface area contributed by atoms with Crippen LogP contribution in [0.3, 0.4) is 0 Å². The van der Waals surface area contributed by atoms with E-state index in [-0.39, 0.29) is 12.6 Å². The van der Waals surface area contributed by atoms with Crippen LogP contribution < -0.4 is 5.32 Å². The summed E-state index contributed by atoms with van der Waals surface area (Å²) in [5.41, 5.74) is 0. The minimum Gasteiger partial charge on any atom is -0.395 e. The average molecular weight is 176 g/mol. The number of aliphatic hydroxyl groups is 1. The van der Waals surface area contributed by atoms with E-state index in [2.05, 4.69) is 5.32 Å². The Labute approximate surface area is 72.6 Å². The van der Waals surface area contributed by atoms with Gasteiger partial charge in [-0.3, -0.25) is 0 Å². The summed E-state index contributed by atoms with van der Waals surface area (Å²) in [5.74, 6) is 0. The Morgan fingerprint density at radius 2 is 2.42 bits per heavy atom. The second-order valence-electron chi connectivity index (χ2n) is 3.35. The molecule has 12 heavy (non-hydrogen) atoms. The van der Waals surface area contributed by atoms with Gasteiger partial charge in [0.15, 0.2) is 0 Å². The lowest BCUT2D eigenvalue weighted by molar-refractivity contribution is 0.189. The molecule has 1 aliphatic rings. The number of halogens is 1. The van der Waals surface area contributed by atoms with E-state index in [0.717, 1.165) is 6.54 Å². The Kier molecular flexibility index (Phi) is 3.91. The van der Waals surface area contributed by atoms with Crippen molar-refractivity contribution in [3.05, 3.63) is 0 Å². The standard InChI is InChI=1S/C8H17FN2O/c1-11(4-5-12)6-8-7(9)2-3-10-8/h7-8,10,12H,2-6H2,1H3. The Morgan fingerprint density at radius 1 is 1.67 bits per heavy atom. The van der Waals surface area contributed by atoms with Crippen LogP contribution in [0.2, 0.25) is 0 Å². The molecule has 4 heteroatoms. The lowest BCUT2D eigenvalue weighted by Gasteiger charge is -2.21. The molecule has 1 fully saturated rings. The Balaban J connectivity index is 2.20. The van der Waals surface area contributed by atoms with E-state index in [0.29, 0.717) is 19.5 Å². The molecular weight excluding hydrogens is 159 g/mol. The third-order valence-electron chi connectivity index (χ3n) is 2.25. The van der Waals surface area contributed by atoms with Gasteiger partial charge in [-0.2, -0.15) is 0 Å². The molecule has 2 unspecified atom stereocenters. The average Bonchev–Trinajstić information content (AvgIpc) is 2.37. The first-order chi connectivity index (χ1) is 5.74. The molecule has 0 amide bonds. The zero-order chi connectivity index (χ0) is 8.97. The van der Waals surface area contributed by atoms with Crippen molar-refractivity contribution in [1.29, 1.82) is 0 Å². The third-order valence-corrected chi connectivity index (χ3v) is 2.25. The number of aliphatic hydroxyl groups excluding tert-OH is 1. The molecule has 0 radical (unpaired) electrons. The molecule has 1 aliphatic heterocycles. The molecule has 1 heterocycles. The normalized spacial score (nSPS) is 30.0. The summed E-state index contributed by atoms with van der Waals surface area (Å²) in [4.78, 5) is 1.94. The number of alkyl halides is 1. The maximum absolute atomic E-state index is 13.0. The van der Waals surface area contributed by atoms with E-state index in [1.54, 1.807) is 0 Å². The van der Waals surface area contributed by atoms with Crippen LogP contribution in [-0.4, -0.2) is 55.5 Å². The molecule has 0 aromatic rings. The highest BCUT2D eigenvalue weighted by Crippen LogP contribution is 2.11. The largest absolute Gasteiger partial charge is 0.395 e. The van der Waals surface area contributed by atoms with Gasteiger partial charge in [-0.1, -0.05) is 0 Å². The van der Waals surface area contributed by atoms with Gasteiger partial charge in [0, 0.05) is 13.1 Å². The fourth-order valence-corrected chi connectivity index (χ4v) is 1.51. The van der Waals surface area contributed by atoms with Crippen LogP contribution in [0.4, 0.5) is 4.39 Å². The third kappa shape index (κ3) is 2.69. The first-order valence-electron chi connectivity index (χ1n) is 4.41. The molecule has 1 rings (SSSR count). The first-order valence-corrected chi connectivity index (χ1v) is 4.41. The Bertz CT molecular complexity index is 134. The number of rotatable bonds is 4. The summed E-state index contributed by atoms with van der Waals surface area (Å²) in [6.07, 6.45) is -0.0939. The maximum atomic E-state index is 13.0. The number of nitrogens with one attached hydrogen (secondary N) is 1. The summed E-state index contributed by atoms with van der Waals surface area (Å²) in [5, 5.41) is 11.7. The molecule has 0 aromatic heterocycles. The van der Waals surface area contributed by atoms with Crippen molar-refractivity contribution < 1.29 is 9.50 Å². The molecule has 0 aromatic carbocycles. The van der Waals surface area contributed by atoms with Crippen LogP contribution >= 0.6 is 0 Å². The molecule has 1 saturated heterocycles. The van der Waals surface area contributed by atoms with Crippen LogP contribution in [0.25, 0.3) is 0 Å². The molecule has 0 saturated carbocycles. The van der Waals surface area contributed by atoms with Crippen molar-refractivity contribution in [2.24, 2.45) is 0 Å². The minimum atomic E-state index is -0.717. The summed E-state index contributed by atoms with van der Waals surface area (Å²) in [6, 6.07) is -0.0402. The summed E-state index contributed by atoms with van der Waals surface area (Å²) in [7, 11) is 1.89. The van der Waals surface area contributed by atoms with Crippen LogP contribution in [0.1, 0.15) is 6.42 Å². The van der Waals surface area contributed by atoms with E-state index in [4.69, 9.17) is 5.11 Å². The monoisotopic (exact) mass is 176 g/mol. The van der Waals surface area contributed by atoms with Gasteiger partial charge in [-0.25, -0.2) is 4.39 Å². The Hall–Kier alpha value is -0.190. The van der Waals surface area contributed by atoms with Crippen LogP contribution in [0.15, 0.2) is 0 Å². The van der Waals surface area contributed by atoms with Crippen LogP contribution in [-0.2, 0) is 0 Å². The highest BCUT2D eigenvalue weighted by Gasteiger charge is 2.26. The van der Waals surface area contributed by atoms with Gasteiger partial charge in [-0.05, 0) is 20.0 Å². The molecular formula is C8H17FN2O. The molecule has 0 aliphatic carbocycles.